The van der Waals surface area contributed by atoms with Gasteiger partial charge in [-0.25, -0.2) is 4.68 Å². The molecule has 0 unspecified atom stereocenters. The number of benzene rings is 1. The van der Waals surface area contributed by atoms with Gasteiger partial charge >= 0.3 is 0 Å². The van der Waals surface area contributed by atoms with Gasteiger partial charge in [0.05, 0.1) is 23.1 Å². The Morgan fingerprint density at radius 1 is 1.27 bits per heavy atom. The van der Waals surface area contributed by atoms with E-state index in [1.54, 1.807) is 10.9 Å². The van der Waals surface area contributed by atoms with E-state index in [-0.39, 0.29) is 0 Å². The van der Waals surface area contributed by atoms with Crippen LogP contribution in [0.15, 0.2) is 42.6 Å². The van der Waals surface area contributed by atoms with E-state index < -0.39 is 5.91 Å². The van der Waals surface area contributed by atoms with E-state index in [1.165, 1.54) is 6.08 Å². The minimum absolute atomic E-state index is 0.366. The number of hydrogen-bond donors (Lipinski definition) is 2. The van der Waals surface area contributed by atoms with Gasteiger partial charge in [-0.05, 0) is 31.2 Å². The smallest absolute Gasteiger partial charge is 0.244 e. The summed E-state index contributed by atoms with van der Waals surface area (Å²) in [7, 11) is 0. The molecular formula is C15H13N5OS. The number of aromatic nitrogens is 4. The van der Waals surface area contributed by atoms with Gasteiger partial charge in [0.25, 0.3) is 0 Å². The van der Waals surface area contributed by atoms with Gasteiger partial charge in [-0.2, -0.15) is 15.3 Å². The number of carbonyl (C=O) groups is 1. The second-order valence-electron chi connectivity index (χ2n) is 4.79. The number of thiol groups is 1. The van der Waals surface area contributed by atoms with Crippen LogP contribution >= 0.6 is 12.6 Å². The molecule has 0 aliphatic heterocycles. The molecule has 0 saturated carbocycles. The molecule has 1 aromatic carbocycles. The number of primary amides is 1. The molecule has 0 atom stereocenters. The van der Waals surface area contributed by atoms with Crippen LogP contribution < -0.4 is 5.73 Å². The number of aryl methyl sites for hydroxylation is 1. The summed E-state index contributed by atoms with van der Waals surface area (Å²) < 4.78 is 1.55. The molecule has 0 aliphatic carbocycles. The van der Waals surface area contributed by atoms with Crippen LogP contribution in [-0.4, -0.2) is 25.9 Å². The molecule has 7 heteroatoms. The van der Waals surface area contributed by atoms with Crippen molar-refractivity contribution >= 4 is 34.5 Å². The highest BCUT2D eigenvalue weighted by Crippen LogP contribution is 2.25. The van der Waals surface area contributed by atoms with E-state index >= 15 is 0 Å². The predicted octanol–water partition coefficient (Wildman–Crippen LogP) is 2.02. The van der Waals surface area contributed by atoms with Gasteiger partial charge in [0, 0.05) is 17.0 Å². The Morgan fingerprint density at radius 2 is 2.09 bits per heavy atom. The molecule has 2 N–H and O–H groups in total. The summed E-state index contributed by atoms with van der Waals surface area (Å²) in [6.45, 7) is 1.89. The summed E-state index contributed by atoms with van der Waals surface area (Å²) in [6, 6.07) is 9.61. The van der Waals surface area contributed by atoms with Gasteiger partial charge < -0.3 is 5.73 Å². The molecule has 110 valence electrons. The molecule has 0 aliphatic rings. The molecule has 6 nitrogen and oxygen atoms in total. The third-order valence-electron chi connectivity index (χ3n) is 3.15. The summed E-state index contributed by atoms with van der Waals surface area (Å²) >= 11 is 4.25. The number of nitrogens with zero attached hydrogens (tertiary/aromatic N) is 4. The molecule has 22 heavy (non-hydrogen) atoms. The molecule has 0 saturated heterocycles. The molecule has 0 radical (unpaired) electrons. The average Bonchev–Trinajstić information content (AvgIpc) is 2.90. The highest BCUT2D eigenvalue weighted by Gasteiger charge is 2.08. The average molecular weight is 311 g/mol. The largest absolute Gasteiger partial charge is 0.366 e. The first-order valence-corrected chi connectivity index (χ1v) is 6.98. The van der Waals surface area contributed by atoms with Gasteiger partial charge in [-0.3, -0.25) is 4.79 Å². The summed E-state index contributed by atoms with van der Waals surface area (Å²) in [5.74, 6) is -0.569. The van der Waals surface area contributed by atoms with Crippen molar-refractivity contribution in [2.24, 2.45) is 5.73 Å². The maximum absolute atomic E-state index is 10.9. The maximum atomic E-state index is 10.9. The third kappa shape index (κ3) is 2.71. The van der Waals surface area contributed by atoms with Crippen molar-refractivity contribution in [1.29, 1.82) is 0 Å². The molecule has 2 heterocycles. The van der Waals surface area contributed by atoms with E-state index in [0.29, 0.717) is 5.03 Å². The number of fused-ring (bicyclic) bond motifs is 1. The molecule has 1 amide bonds. The first-order chi connectivity index (χ1) is 10.5. The lowest BCUT2D eigenvalue weighted by atomic mass is 10.1. The van der Waals surface area contributed by atoms with Crippen molar-refractivity contribution in [2.45, 2.75) is 6.92 Å². The van der Waals surface area contributed by atoms with Crippen LogP contribution in [0.1, 0.15) is 5.69 Å². The van der Waals surface area contributed by atoms with E-state index in [4.69, 9.17) is 5.73 Å². The van der Waals surface area contributed by atoms with Crippen molar-refractivity contribution in [3.05, 3.63) is 48.3 Å². The number of hydrogen-bond acceptors (Lipinski definition) is 5. The Hall–Kier alpha value is -2.67. The van der Waals surface area contributed by atoms with E-state index in [9.17, 15) is 4.79 Å². The molecule has 0 bridgehead atoms. The minimum Gasteiger partial charge on any atom is -0.366 e. The van der Waals surface area contributed by atoms with E-state index in [0.717, 1.165) is 27.9 Å². The molecule has 2 aromatic heterocycles. The first kappa shape index (κ1) is 14.3. The van der Waals surface area contributed by atoms with Crippen LogP contribution in [0.2, 0.25) is 0 Å². The van der Waals surface area contributed by atoms with Crippen LogP contribution in [-0.2, 0) is 4.79 Å². The molecule has 3 rings (SSSR count). The van der Waals surface area contributed by atoms with Gasteiger partial charge in [0.15, 0.2) is 0 Å². The van der Waals surface area contributed by atoms with E-state index in [2.05, 4.69) is 27.9 Å². The zero-order chi connectivity index (χ0) is 15.7. The molecule has 0 spiro atoms. The Morgan fingerprint density at radius 3 is 2.77 bits per heavy atom. The first-order valence-electron chi connectivity index (χ1n) is 6.53. The van der Waals surface area contributed by atoms with Gasteiger partial charge in [0.1, 0.15) is 5.03 Å². The highest BCUT2D eigenvalue weighted by molar-refractivity contribution is 7.90. The number of rotatable bonds is 3. The van der Waals surface area contributed by atoms with Crippen LogP contribution in [0.25, 0.3) is 27.2 Å². The lowest BCUT2D eigenvalue weighted by Crippen LogP contribution is -2.08. The van der Waals surface area contributed by atoms with Crippen molar-refractivity contribution in [2.75, 3.05) is 0 Å². The maximum Gasteiger partial charge on any atom is 0.244 e. The number of amides is 1. The minimum atomic E-state index is -0.569. The number of carbonyl (C=O) groups excluding carboxylic acids is 1. The summed E-state index contributed by atoms with van der Waals surface area (Å²) in [6.07, 6.45) is 2.92. The third-order valence-corrected chi connectivity index (χ3v) is 3.47. The zero-order valence-electron chi connectivity index (χ0n) is 11.8. The quantitative estimate of drug-likeness (QED) is 0.572. The molecular weight excluding hydrogens is 298 g/mol. The van der Waals surface area contributed by atoms with E-state index in [1.807, 2.05) is 37.3 Å². The van der Waals surface area contributed by atoms with Crippen LogP contribution in [0, 0.1) is 6.92 Å². The predicted molar refractivity (Wildman–Crippen MR) is 87.9 cm³/mol. The fourth-order valence-electron chi connectivity index (χ4n) is 2.12. The Bertz CT molecular complexity index is 883. The molecule has 3 aromatic rings. The SMILES string of the molecule is Cc1ccc(-c2ccc3c(cnn3/C(S)=C/C(N)=O)c2)nn1. The number of nitrogens with two attached hydrogens (primary N) is 1. The van der Waals surface area contributed by atoms with Gasteiger partial charge in [0.2, 0.25) is 5.91 Å². The fraction of sp³-hybridized carbons (Fsp3) is 0.0667. The highest BCUT2D eigenvalue weighted by atomic mass is 32.1. The Kier molecular flexibility index (Phi) is 3.64. The monoisotopic (exact) mass is 311 g/mol. The Labute approximate surface area is 132 Å². The second kappa shape index (κ2) is 5.61. The van der Waals surface area contributed by atoms with Crippen LogP contribution in [0.5, 0.6) is 0 Å². The lowest BCUT2D eigenvalue weighted by molar-refractivity contribution is -0.113. The molecule has 0 fully saturated rings. The van der Waals surface area contributed by atoms with Crippen molar-refractivity contribution in [1.82, 2.24) is 20.0 Å². The topological polar surface area (TPSA) is 86.7 Å². The normalized spacial score (nSPS) is 11.8. The summed E-state index contributed by atoms with van der Waals surface area (Å²) in [5, 5.41) is 13.7. The standard InChI is InChI=1S/C15H13N5OS/c1-9-2-4-12(19-18-9)10-3-5-13-11(6-10)8-17-20(13)15(22)7-14(16)21/h2-8,22H,1H3,(H2,16,21)/b15-7-. The van der Waals surface area contributed by atoms with Crippen molar-refractivity contribution in [3.63, 3.8) is 0 Å². The van der Waals surface area contributed by atoms with Crippen LogP contribution in [0.3, 0.4) is 0 Å². The second-order valence-corrected chi connectivity index (χ2v) is 5.25. The lowest BCUT2D eigenvalue weighted by Gasteiger charge is -2.04. The van der Waals surface area contributed by atoms with Gasteiger partial charge in [-0.1, -0.05) is 6.07 Å². The fourth-order valence-corrected chi connectivity index (χ4v) is 2.40. The summed E-state index contributed by atoms with van der Waals surface area (Å²) in [5.41, 5.74) is 8.56. The van der Waals surface area contributed by atoms with Gasteiger partial charge in [-0.15, -0.1) is 12.6 Å². The van der Waals surface area contributed by atoms with Crippen LogP contribution in [0.4, 0.5) is 0 Å². The Balaban J connectivity index is 2.06. The zero-order valence-corrected chi connectivity index (χ0v) is 12.7. The summed E-state index contributed by atoms with van der Waals surface area (Å²) in [4.78, 5) is 10.9. The van der Waals surface area contributed by atoms with Crippen molar-refractivity contribution in [3.8, 4) is 11.3 Å². The van der Waals surface area contributed by atoms with Crippen molar-refractivity contribution < 1.29 is 4.79 Å².